The molecule has 0 saturated carbocycles. The van der Waals surface area contributed by atoms with Crippen LogP contribution in [0.2, 0.25) is 0 Å². The number of benzene rings is 2. The minimum absolute atomic E-state index is 0.125. The van der Waals surface area contributed by atoms with Gasteiger partial charge in [-0.15, -0.1) is 0 Å². The average molecular weight is 316 g/mol. The van der Waals surface area contributed by atoms with Gasteiger partial charge in [-0.05, 0) is 23.8 Å². The second-order valence-corrected chi connectivity index (χ2v) is 4.67. The number of para-hydroxylation sites is 2. The average Bonchev–Trinajstić information content (AvgIpc) is 2.59. The molecule has 0 fully saturated rings. The maximum Gasteiger partial charge on any atom is 0.292 e. The zero-order valence-electron chi connectivity index (χ0n) is 12.8. The van der Waals surface area contributed by atoms with Crippen molar-refractivity contribution in [2.45, 2.75) is 6.54 Å². The fourth-order valence-corrected chi connectivity index (χ4v) is 2.22. The van der Waals surface area contributed by atoms with Gasteiger partial charge >= 0.3 is 0 Å². The maximum atomic E-state index is 11.4. The van der Waals surface area contributed by atoms with Gasteiger partial charge in [-0.1, -0.05) is 18.2 Å². The number of nitro benzene ring substituents is 1. The highest BCUT2D eigenvalue weighted by Crippen LogP contribution is 2.31. The van der Waals surface area contributed by atoms with Crippen molar-refractivity contribution in [2.75, 3.05) is 19.1 Å². The van der Waals surface area contributed by atoms with E-state index in [1.165, 1.54) is 31.3 Å². The number of nitro groups is 1. The summed E-state index contributed by atoms with van der Waals surface area (Å²) in [7, 11) is 3.05. The van der Waals surface area contributed by atoms with Crippen LogP contribution in [0.5, 0.6) is 11.5 Å². The first-order valence-electron chi connectivity index (χ1n) is 6.77. The summed E-state index contributed by atoms with van der Waals surface area (Å²) in [6, 6.07) is 11.3. The standard InChI is InChI=1S/C16H16N2O5/c1-22-15-8-7-12(9-16(15)23-2)10-17(11-19)13-5-3-4-6-14(13)18(20)21/h3-9,11H,10H2,1-2H3. The van der Waals surface area contributed by atoms with Gasteiger partial charge < -0.3 is 14.4 Å². The lowest BCUT2D eigenvalue weighted by atomic mass is 10.1. The number of methoxy groups -OCH3 is 2. The molecule has 0 bridgehead atoms. The molecule has 0 N–H and O–H groups in total. The number of amides is 1. The monoisotopic (exact) mass is 316 g/mol. The van der Waals surface area contributed by atoms with Crippen LogP contribution in [0.1, 0.15) is 5.56 Å². The molecule has 1 amide bonds. The minimum Gasteiger partial charge on any atom is -0.493 e. The molecule has 0 unspecified atom stereocenters. The van der Waals surface area contributed by atoms with Crippen molar-refractivity contribution < 1.29 is 19.2 Å². The van der Waals surface area contributed by atoms with E-state index >= 15 is 0 Å². The second-order valence-electron chi connectivity index (χ2n) is 4.67. The molecule has 7 heteroatoms. The summed E-state index contributed by atoms with van der Waals surface area (Å²) in [6.07, 6.45) is 0.568. The van der Waals surface area contributed by atoms with E-state index in [4.69, 9.17) is 9.47 Å². The predicted molar refractivity (Wildman–Crippen MR) is 84.9 cm³/mol. The van der Waals surface area contributed by atoms with Gasteiger partial charge in [0.05, 0.1) is 25.7 Å². The second kappa shape index (κ2) is 7.26. The molecular formula is C16H16N2O5. The van der Waals surface area contributed by atoms with Gasteiger partial charge in [0.2, 0.25) is 6.41 Å². The highest BCUT2D eigenvalue weighted by atomic mass is 16.6. The van der Waals surface area contributed by atoms with Crippen LogP contribution in [0.25, 0.3) is 0 Å². The topological polar surface area (TPSA) is 81.9 Å². The molecule has 0 aliphatic carbocycles. The van der Waals surface area contributed by atoms with Crippen molar-refractivity contribution in [1.29, 1.82) is 0 Å². The molecule has 2 aromatic rings. The molecule has 120 valence electrons. The van der Waals surface area contributed by atoms with Crippen LogP contribution in [0, 0.1) is 10.1 Å². The molecule has 0 heterocycles. The SMILES string of the molecule is COc1ccc(CN(C=O)c2ccccc2[N+](=O)[O-])cc1OC. The van der Waals surface area contributed by atoms with Crippen LogP contribution in [-0.2, 0) is 11.3 Å². The number of rotatable bonds is 7. The van der Waals surface area contributed by atoms with E-state index in [0.29, 0.717) is 17.9 Å². The zero-order chi connectivity index (χ0) is 16.8. The van der Waals surface area contributed by atoms with Crippen LogP contribution in [0.4, 0.5) is 11.4 Å². The quantitative estimate of drug-likeness (QED) is 0.445. The lowest BCUT2D eigenvalue weighted by Gasteiger charge is -2.18. The molecule has 0 atom stereocenters. The molecule has 0 saturated heterocycles. The number of hydrogen-bond acceptors (Lipinski definition) is 5. The van der Waals surface area contributed by atoms with Gasteiger partial charge in [-0.3, -0.25) is 14.9 Å². The largest absolute Gasteiger partial charge is 0.493 e. The lowest BCUT2D eigenvalue weighted by molar-refractivity contribution is -0.384. The third-order valence-electron chi connectivity index (χ3n) is 3.32. The van der Waals surface area contributed by atoms with E-state index in [1.807, 2.05) is 0 Å². The fourth-order valence-electron chi connectivity index (χ4n) is 2.22. The van der Waals surface area contributed by atoms with Crippen molar-refractivity contribution in [1.82, 2.24) is 0 Å². The highest BCUT2D eigenvalue weighted by molar-refractivity contribution is 5.80. The van der Waals surface area contributed by atoms with E-state index in [1.54, 1.807) is 30.3 Å². The molecule has 2 aromatic carbocycles. The van der Waals surface area contributed by atoms with Gasteiger partial charge in [0.25, 0.3) is 5.69 Å². The van der Waals surface area contributed by atoms with Crippen LogP contribution in [0.15, 0.2) is 42.5 Å². The Morgan fingerprint density at radius 1 is 1.13 bits per heavy atom. The number of ether oxygens (including phenoxy) is 2. The number of nitrogens with zero attached hydrogens (tertiary/aromatic N) is 2. The van der Waals surface area contributed by atoms with Gasteiger partial charge in [0, 0.05) is 6.07 Å². The first-order chi connectivity index (χ1) is 11.1. The summed E-state index contributed by atoms with van der Waals surface area (Å²) in [5, 5.41) is 11.1. The summed E-state index contributed by atoms with van der Waals surface area (Å²) in [6.45, 7) is 0.175. The Bertz CT molecular complexity index is 717. The summed E-state index contributed by atoms with van der Waals surface area (Å²) in [5.41, 5.74) is 0.871. The smallest absolute Gasteiger partial charge is 0.292 e. The number of hydrogen-bond donors (Lipinski definition) is 0. The Morgan fingerprint density at radius 2 is 1.83 bits per heavy atom. The molecule has 0 aromatic heterocycles. The molecule has 23 heavy (non-hydrogen) atoms. The predicted octanol–water partition coefficient (Wildman–Crippen LogP) is 2.78. The zero-order valence-corrected chi connectivity index (χ0v) is 12.8. The first-order valence-corrected chi connectivity index (χ1v) is 6.77. The molecule has 0 aliphatic heterocycles. The Balaban J connectivity index is 2.34. The van der Waals surface area contributed by atoms with E-state index < -0.39 is 4.92 Å². The van der Waals surface area contributed by atoms with E-state index in [9.17, 15) is 14.9 Å². The molecule has 0 spiro atoms. The van der Waals surface area contributed by atoms with Crippen molar-refractivity contribution in [2.24, 2.45) is 0 Å². The maximum absolute atomic E-state index is 11.4. The van der Waals surface area contributed by atoms with E-state index in [-0.39, 0.29) is 17.9 Å². The summed E-state index contributed by atoms with van der Waals surface area (Å²) in [5.74, 6) is 1.10. The van der Waals surface area contributed by atoms with Crippen LogP contribution >= 0.6 is 0 Å². The summed E-state index contributed by atoms with van der Waals surface area (Å²) in [4.78, 5) is 23.3. The number of anilines is 1. The third kappa shape index (κ3) is 3.57. The van der Waals surface area contributed by atoms with Crippen LogP contribution in [-0.4, -0.2) is 25.6 Å². The molecule has 7 nitrogen and oxygen atoms in total. The van der Waals surface area contributed by atoms with E-state index in [0.717, 1.165) is 5.56 Å². The normalized spacial score (nSPS) is 10.0. The number of carbonyl (C=O) groups excluding carboxylic acids is 1. The van der Waals surface area contributed by atoms with Crippen molar-refractivity contribution in [3.8, 4) is 11.5 Å². The molecule has 0 radical (unpaired) electrons. The van der Waals surface area contributed by atoms with Crippen LogP contribution < -0.4 is 14.4 Å². The summed E-state index contributed by atoms with van der Waals surface area (Å²) < 4.78 is 10.4. The van der Waals surface area contributed by atoms with Crippen molar-refractivity contribution >= 4 is 17.8 Å². The van der Waals surface area contributed by atoms with Crippen LogP contribution in [0.3, 0.4) is 0 Å². The van der Waals surface area contributed by atoms with Crippen molar-refractivity contribution in [3.05, 3.63) is 58.1 Å². The molecule has 2 rings (SSSR count). The Morgan fingerprint density at radius 3 is 2.43 bits per heavy atom. The van der Waals surface area contributed by atoms with Gasteiger partial charge in [-0.2, -0.15) is 0 Å². The van der Waals surface area contributed by atoms with Gasteiger partial charge in [0.15, 0.2) is 11.5 Å². The highest BCUT2D eigenvalue weighted by Gasteiger charge is 2.19. The molecule has 0 aliphatic rings. The molecular weight excluding hydrogens is 300 g/mol. The Kier molecular flexibility index (Phi) is 5.14. The minimum atomic E-state index is -0.513. The number of carbonyl (C=O) groups is 1. The first kappa shape index (κ1) is 16.3. The van der Waals surface area contributed by atoms with Crippen molar-refractivity contribution in [3.63, 3.8) is 0 Å². The Labute approximate surface area is 133 Å². The third-order valence-corrected chi connectivity index (χ3v) is 3.32. The van der Waals surface area contributed by atoms with Gasteiger partial charge in [0.1, 0.15) is 5.69 Å². The van der Waals surface area contributed by atoms with E-state index in [2.05, 4.69) is 0 Å². The van der Waals surface area contributed by atoms with Gasteiger partial charge in [-0.25, -0.2) is 0 Å². The Hall–Kier alpha value is -3.09. The lowest BCUT2D eigenvalue weighted by Crippen LogP contribution is -2.21. The summed E-state index contributed by atoms with van der Waals surface area (Å²) >= 11 is 0. The fraction of sp³-hybridized carbons (Fsp3) is 0.188.